The average Bonchev–Trinajstić information content (AvgIpc) is 3.17. The van der Waals surface area contributed by atoms with Crippen molar-refractivity contribution < 1.29 is 13.9 Å². The lowest BCUT2D eigenvalue weighted by Gasteiger charge is -2.26. The monoisotopic (exact) mass is 440 g/mol. The van der Waals surface area contributed by atoms with Gasteiger partial charge in [0.25, 0.3) is 0 Å². The third-order valence-electron chi connectivity index (χ3n) is 5.33. The highest BCUT2D eigenvalue weighted by Crippen LogP contribution is 2.35. The van der Waals surface area contributed by atoms with Crippen LogP contribution in [0.1, 0.15) is 40.0 Å². The van der Waals surface area contributed by atoms with Gasteiger partial charge in [0.2, 0.25) is 5.43 Å². The zero-order valence-corrected chi connectivity index (χ0v) is 19.3. The molecule has 6 nitrogen and oxygen atoms in total. The molecular formula is C24H28N2O4S. The standard InChI is InChI=1S/C24H28N2O4S/c1-24(2,3)30-23(28)25(4)17-10-8-16(9-11-17)18-15-31-22-19(27)14-20(29-21(18)22)26-12-6-5-7-13-26/h8-11,14-15H,5-7,12-13H2,1-4H3. The summed E-state index contributed by atoms with van der Waals surface area (Å²) in [4.78, 5) is 28.6. The minimum atomic E-state index is -0.551. The molecule has 2 aromatic heterocycles. The summed E-state index contributed by atoms with van der Waals surface area (Å²) in [6.45, 7) is 7.36. The molecule has 31 heavy (non-hydrogen) atoms. The van der Waals surface area contributed by atoms with Crippen molar-refractivity contribution in [3.63, 3.8) is 0 Å². The summed E-state index contributed by atoms with van der Waals surface area (Å²) in [6, 6.07) is 9.23. The molecule has 1 aliphatic rings. The fourth-order valence-corrected chi connectivity index (χ4v) is 4.61. The molecule has 0 aliphatic carbocycles. The highest BCUT2D eigenvalue weighted by atomic mass is 32.1. The van der Waals surface area contributed by atoms with Crippen molar-refractivity contribution in [1.29, 1.82) is 0 Å². The van der Waals surface area contributed by atoms with Gasteiger partial charge >= 0.3 is 6.09 Å². The number of amides is 1. The van der Waals surface area contributed by atoms with Crippen molar-refractivity contribution in [3.05, 3.63) is 45.9 Å². The molecular weight excluding hydrogens is 412 g/mol. The molecule has 0 radical (unpaired) electrons. The summed E-state index contributed by atoms with van der Waals surface area (Å²) in [5.74, 6) is 0.651. The molecule has 1 amide bonds. The number of rotatable bonds is 3. The predicted octanol–water partition coefficient (Wildman–Crippen LogP) is 5.88. The molecule has 0 unspecified atom stereocenters. The molecule has 1 saturated heterocycles. The lowest BCUT2D eigenvalue weighted by Crippen LogP contribution is -2.34. The number of piperidine rings is 1. The predicted molar refractivity (Wildman–Crippen MR) is 126 cm³/mol. The molecule has 1 aromatic carbocycles. The van der Waals surface area contributed by atoms with Crippen LogP contribution in [0.15, 0.2) is 44.9 Å². The molecule has 0 N–H and O–H groups in total. The Balaban J connectivity index is 1.63. The van der Waals surface area contributed by atoms with Gasteiger partial charge in [-0.1, -0.05) is 12.1 Å². The third kappa shape index (κ3) is 4.61. The van der Waals surface area contributed by atoms with Crippen LogP contribution in [0.2, 0.25) is 0 Å². The molecule has 0 saturated carbocycles. The first-order valence-corrected chi connectivity index (χ1v) is 11.5. The summed E-state index contributed by atoms with van der Waals surface area (Å²) in [5.41, 5.74) is 2.64. The van der Waals surface area contributed by atoms with E-state index in [2.05, 4.69) is 4.90 Å². The zero-order chi connectivity index (χ0) is 22.2. The number of hydrogen-bond acceptors (Lipinski definition) is 6. The quantitative estimate of drug-likeness (QED) is 0.509. The van der Waals surface area contributed by atoms with Gasteiger partial charge in [-0.2, -0.15) is 0 Å². The van der Waals surface area contributed by atoms with E-state index in [4.69, 9.17) is 9.15 Å². The van der Waals surface area contributed by atoms with E-state index in [1.165, 1.54) is 22.7 Å². The number of fused-ring (bicyclic) bond motifs is 1. The molecule has 1 aliphatic heterocycles. The number of hydrogen-bond donors (Lipinski definition) is 0. The smallest absolute Gasteiger partial charge is 0.414 e. The Morgan fingerprint density at radius 3 is 2.45 bits per heavy atom. The van der Waals surface area contributed by atoms with Crippen LogP contribution in [0.5, 0.6) is 0 Å². The van der Waals surface area contributed by atoms with Gasteiger partial charge in [-0.3, -0.25) is 9.69 Å². The third-order valence-corrected chi connectivity index (χ3v) is 6.31. The maximum atomic E-state index is 12.7. The maximum absolute atomic E-state index is 12.7. The number of carbonyl (C=O) groups excluding carboxylic acids is 1. The van der Waals surface area contributed by atoms with Crippen molar-refractivity contribution in [2.45, 2.75) is 45.6 Å². The molecule has 7 heteroatoms. The van der Waals surface area contributed by atoms with Crippen LogP contribution in [0, 0.1) is 0 Å². The van der Waals surface area contributed by atoms with Gasteiger partial charge in [0.15, 0.2) is 11.5 Å². The van der Waals surface area contributed by atoms with Crippen LogP contribution in [-0.2, 0) is 4.74 Å². The Bertz CT molecular complexity index is 1140. The van der Waals surface area contributed by atoms with Gasteiger partial charge in [-0.05, 0) is 57.7 Å². The lowest BCUT2D eigenvalue weighted by molar-refractivity contribution is 0.0589. The van der Waals surface area contributed by atoms with Gasteiger partial charge in [0.05, 0.1) is 0 Å². The minimum absolute atomic E-state index is 0.000599. The Morgan fingerprint density at radius 2 is 1.81 bits per heavy atom. The van der Waals surface area contributed by atoms with E-state index >= 15 is 0 Å². The second-order valence-corrected chi connectivity index (χ2v) is 9.77. The van der Waals surface area contributed by atoms with Crippen molar-refractivity contribution in [2.75, 3.05) is 29.9 Å². The van der Waals surface area contributed by atoms with E-state index in [1.807, 2.05) is 50.4 Å². The van der Waals surface area contributed by atoms with Gasteiger partial charge in [-0.25, -0.2) is 4.79 Å². The normalized spacial score (nSPS) is 14.6. The zero-order valence-electron chi connectivity index (χ0n) is 18.4. The Morgan fingerprint density at radius 1 is 1.13 bits per heavy atom. The van der Waals surface area contributed by atoms with Crippen LogP contribution in [-0.4, -0.2) is 31.8 Å². The summed E-state index contributed by atoms with van der Waals surface area (Å²) >= 11 is 1.40. The molecule has 1 fully saturated rings. The van der Waals surface area contributed by atoms with E-state index in [0.717, 1.165) is 42.7 Å². The van der Waals surface area contributed by atoms with Crippen LogP contribution in [0.3, 0.4) is 0 Å². The number of anilines is 2. The number of nitrogens with zero attached hydrogens (tertiary/aromatic N) is 2. The molecule has 0 spiro atoms. The van der Waals surface area contributed by atoms with Crippen LogP contribution >= 0.6 is 11.3 Å². The van der Waals surface area contributed by atoms with E-state index in [-0.39, 0.29) is 5.43 Å². The maximum Gasteiger partial charge on any atom is 0.414 e. The molecule has 3 heterocycles. The Kier molecular flexibility index (Phi) is 5.79. The summed E-state index contributed by atoms with van der Waals surface area (Å²) in [5, 5.41) is 1.96. The Labute approximate surface area is 186 Å². The Hall–Kier alpha value is -2.80. The topological polar surface area (TPSA) is 63.0 Å². The SMILES string of the molecule is CN(C(=O)OC(C)(C)C)c1ccc(-c2csc3c(=O)cc(N4CCCCC4)oc23)cc1. The fourth-order valence-electron chi connectivity index (χ4n) is 3.70. The van der Waals surface area contributed by atoms with E-state index in [9.17, 15) is 9.59 Å². The second kappa shape index (κ2) is 8.38. The molecule has 4 rings (SSSR count). The highest BCUT2D eigenvalue weighted by Gasteiger charge is 2.21. The lowest BCUT2D eigenvalue weighted by atomic mass is 10.1. The number of thiophene rings is 1. The van der Waals surface area contributed by atoms with Crippen molar-refractivity contribution in [3.8, 4) is 11.1 Å². The first-order valence-electron chi connectivity index (χ1n) is 10.6. The summed E-state index contributed by atoms with van der Waals surface area (Å²) in [7, 11) is 1.69. The van der Waals surface area contributed by atoms with Crippen LogP contribution < -0.4 is 15.2 Å². The number of carbonyl (C=O) groups is 1. The van der Waals surface area contributed by atoms with E-state index in [0.29, 0.717) is 16.2 Å². The molecule has 164 valence electrons. The van der Waals surface area contributed by atoms with Gasteiger partial charge < -0.3 is 14.1 Å². The van der Waals surface area contributed by atoms with Crippen molar-refractivity contribution in [2.24, 2.45) is 0 Å². The van der Waals surface area contributed by atoms with Crippen LogP contribution in [0.4, 0.5) is 16.4 Å². The van der Waals surface area contributed by atoms with Crippen molar-refractivity contribution >= 4 is 39.3 Å². The molecule has 0 atom stereocenters. The summed E-state index contributed by atoms with van der Waals surface area (Å²) < 4.78 is 12.3. The van der Waals surface area contributed by atoms with Gasteiger partial charge in [0.1, 0.15) is 10.3 Å². The van der Waals surface area contributed by atoms with Crippen molar-refractivity contribution in [1.82, 2.24) is 0 Å². The van der Waals surface area contributed by atoms with Gasteiger partial charge in [-0.15, -0.1) is 11.3 Å². The highest BCUT2D eigenvalue weighted by molar-refractivity contribution is 7.17. The first-order chi connectivity index (χ1) is 14.7. The number of ether oxygens (including phenoxy) is 1. The van der Waals surface area contributed by atoms with E-state index in [1.54, 1.807) is 13.1 Å². The first kappa shape index (κ1) is 21.4. The fraction of sp³-hybridized carbons (Fsp3) is 0.417. The second-order valence-electron chi connectivity index (χ2n) is 8.89. The molecule has 3 aromatic rings. The minimum Gasteiger partial charge on any atom is -0.443 e. The average molecular weight is 441 g/mol. The van der Waals surface area contributed by atoms with E-state index < -0.39 is 11.7 Å². The molecule has 0 bridgehead atoms. The van der Waals surface area contributed by atoms with Gasteiger partial charge in [0, 0.05) is 42.8 Å². The largest absolute Gasteiger partial charge is 0.443 e. The summed E-state index contributed by atoms with van der Waals surface area (Å²) in [6.07, 6.45) is 3.05. The van der Waals surface area contributed by atoms with Crippen LogP contribution in [0.25, 0.3) is 21.4 Å². The number of benzene rings is 1.